The van der Waals surface area contributed by atoms with Crippen LogP contribution in [-0.2, 0) is 7.05 Å². The molecule has 2 heterocycles. The molecule has 0 spiro atoms. The Morgan fingerprint density at radius 3 is 2.62 bits per heavy atom. The quantitative estimate of drug-likeness (QED) is 0.625. The summed E-state index contributed by atoms with van der Waals surface area (Å²) in [6, 6.07) is 12.8. The zero-order valence-electron chi connectivity index (χ0n) is 14.4. The number of benzene rings is 1. The molecular weight excluding hydrogens is 374 g/mol. The van der Waals surface area contributed by atoms with Crippen molar-refractivity contribution in [2.45, 2.75) is 0 Å². The number of nitrogens with one attached hydrogen (secondary N) is 1. The summed E-state index contributed by atoms with van der Waals surface area (Å²) in [7, 11) is 3.41. The van der Waals surface area contributed by atoms with Gasteiger partial charge in [-0.2, -0.15) is 5.10 Å². The van der Waals surface area contributed by atoms with Crippen LogP contribution in [0, 0.1) is 0 Å². The number of carbonyl (C=O) groups excluding carboxylic acids is 1. The van der Waals surface area contributed by atoms with E-state index >= 15 is 0 Å². The standard InChI is InChI=1S/C18H18ClN3O3S/c1-22-15(16-7-8-17(19)26-16)11-14(21-22)18(23)20-9-10-25-13-5-3-12(24-2)4-6-13/h3-8,11H,9-10H2,1-2H3,(H,20,23). The molecule has 1 aromatic carbocycles. The van der Waals surface area contributed by atoms with Crippen molar-refractivity contribution >= 4 is 28.8 Å². The molecule has 0 saturated carbocycles. The van der Waals surface area contributed by atoms with Gasteiger partial charge in [0, 0.05) is 7.05 Å². The van der Waals surface area contributed by atoms with Gasteiger partial charge in [0.1, 0.15) is 18.1 Å². The van der Waals surface area contributed by atoms with Crippen LogP contribution in [0.25, 0.3) is 10.6 Å². The van der Waals surface area contributed by atoms with E-state index in [0.29, 0.717) is 23.2 Å². The van der Waals surface area contributed by atoms with Gasteiger partial charge in [-0.15, -0.1) is 11.3 Å². The molecule has 0 aliphatic rings. The summed E-state index contributed by atoms with van der Waals surface area (Å²) < 4.78 is 13.0. The number of aromatic nitrogens is 2. The SMILES string of the molecule is COc1ccc(OCCNC(=O)c2cc(-c3ccc(Cl)s3)n(C)n2)cc1. The summed E-state index contributed by atoms with van der Waals surface area (Å²) in [5, 5.41) is 7.07. The van der Waals surface area contributed by atoms with Crippen molar-refractivity contribution in [3.8, 4) is 22.1 Å². The number of methoxy groups -OCH3 is 1. The van der Waals surface area contributed by atoms with Gasteiger partial charge in [0.05, 0.1) is 28.6 Å². The number of aryl methyl sites for hydroxylation is 1. The minimum Gasteiger partial charge on any atom is -0.497 e. The molecule has 0 aliphatic heterocycles. The normalized spacial score (nSPS) is 10.6. The fourth-order valence-electron chi connectivity index (χ4n) is 2.36. The van der Waals surface area contributed by atoms with Gasteiger partial charge in [0.15, 0.2) is 5.69 Å². The monoisotopic (exact) mass is 391 g/mol. The highest BCUT2D eigenvalue weighted by Crippen LogP contribution is 2.31. The number of nitrogens with zero attached hydrogens (tertiary/aromatic N) is 2. The number of rotatable bonds is 7. The lowest BCUT2D eigenvalue weighted by Crippen LogP contribution is -2.28. The third-order valence-electron chi connectivity index (χ3n) is 3.65. The van der Waals surface area contributed by atoms with E-state index in [-0.39, 0.29) is 5.91 Å². The Hall–Kier alpha value is -2.51. The Morgan fingerprint density at radius 2 is 1.96 bits per heavy atom. The number of carbonyl (C=O) groups is 1. The summed E-state index contributed by atoms with van der Waals surface area (Å²) in [5.74, 6) is 1.24. The van der Waals surface area contributed by atoms with Crippen molar-refractivity contribution in [3.63, 3.8) is 0 Å². The van der Waals surface area contributed by atoms with Crippen LogP contribution in [-0.4, -0.2) is 35.9 Å². The first-order valence-corrected chi connectivity index (χ1v) is 9.11. The van der Waals surface area contributed by atoms with Crippen LogP contribution in [0.3, 0.4) is 0 Å². The minimum absolute atomic E-state index is 0.243. The lowest BCUT2D eigenvalue weighted by atomic mass is 10.3. The summed E-state index contributed by atoms with van der Waals surface area (Å²) >= 11 is 7.42. The van der Waals surface area contributed by atoms with Gasteiger partial charge in [-0.3, -0.25) is 9.48 Å². The van der Waals surface area contributed by atoms with E-state index in [1.54, 1.807) is 24.9 Å². The third kappa shape index (κ3) is 4.36. The lowest BCUT2D eigenvalue weighted by molar-refractivity contribution is 0.0941. The largest absolute Gasteiger partial charge is 0.497 e. The maximum Gasteiger partial charge on any atom is 0.271 e. The van der Waals surface area contributed by atoms with Gasteiger partial charge in [-0.1, -0.05) is 11.6 Å². The topological polar surface area (TPSA) is 65.4 Å². The van der Waals surface area contributed by atoms with Crippen LogP contribution >= 0.6 is 22.9 Å². The van der Waals surface area contributed by atoms with Crippen molar-refractivity contribution in [1.82, 2.24) is 15.1 Å². The predicted octanol–water partition coefficient (Wildman–Crippen LogP) is 3.62. The molecule has 26 heavy (non-hydrogen) atoms. The molecule has 0 radical (unpaired) electrons. The van der Waals surface area contributed by atoms with Crippen molar-refractivity contribution in [3.05, 3.63) is 52.5 Å². The van der Waals surface area contributed by atoms with Crippen LogP contribution in [0.15, 0.2) is 42.5 Å². The van der Waals surface area contributed by atoms with Crippen molar-refractivity contribution in [2.24, 2.45) is 7.05 Å². The van der Waals surface area contributed by atoms with Crippen molar-refractivity contribution in [2.75, 3.05) is 20.3 Å². The van der Waals surface area contributed by atoms with Gasteiger partial charge in [0.2, 0.25) is 0 Å². The van der Waals surface area contributed by atoms with Crippen molar-refractivity contribution < 1.29 is 14.3 Å². The Bertz CT molecular complexity index is 889. The molecule has 1 amide bonds. The van der Waals surface area contributed by atoms with Crippen LogP contribution in [0.5, 0.6) is 11.5 Å². The van der Waals surface area contributed by atoms with Crippen LogP contribution in [0.1, 0.15) is 10.5 Å². The molecule has 6 nitrogen and oxygen atoms in total. The molecule has 0 fully saturated rings. The summed E-state index contributed by atoms with van der Waals surface area (Å²) in [6.45, 7) is 0.736. The fraction of sp³-hybridized carbons (Fsp3) is 0.222. The zero-order valence-corrected chi connectivity index (χ0v) is 15.9. The van der Waals surface area contributed by atoms with Crippen LogP contribution in [0.4, 0.5) is 0 Å². The van der Waals surface area contributed by atoms with Gasteiger partial charge in [-0.05, 0) is 42.5 Å². The number of hydrogen-bond donors (Lipinski definition) is 1. The molecule has 0 atom stereocenters. The van der Waals surface area contributed by atoms with Crippen LogP contribution < -0.4 is 14.8 Å². The smallest absolute Gasteiger partial charge is 0.271 e. The van der Waals surface area contributed by atoms with Gasteiger partial charge < -0.3 is 14.8 Å². The predicted molar refractivity (Wildman–Crippen MR) is 102 cm³/mol. The highest BCUT2D eigenvalue weighted by Gasteiger charge is 2.14. The molecular formula is C18H18ClN3O3S. The van der Waals surface area contributed by atoms with E-state index < -0.39 is 0 Å². The number of thiophene rings is 1. The molecule has 0 bridgehead atoms. The summed E-state index contributed by atoms with van der Waals surface area (Å²) in [6.07, 6.45) is 0. The van der Waals surface area contributed by atoms with E-state index in [0.717, 1.165) is 22.1 Å². The fourth-order valence-corrected chi connectivity index (χ4v) is 3.45. The second-order valence-electron chi connectivity index (χ2n) is 5.42. The maximum atomic E-state index is 12.3. The lowest BCUT2D eigenvalue weighted by Gasteiger charge is -2.07. The number of amides is 1. The van der Waals surface area contributed by atoms with E-state index in [1.807, 2.05) is 36.4 Å². The molecule has 2 aromatic heterocycles. The zero-order chi connectivity index (χ0) is 18.5. The highest BCUT2D eigenvalue weighted by molar-refractivity contribution is 7.19. The average Bonchev–Trinajstić information content (AvgIpc) is 3.24. The second kappa shape index (κ2) is 8.25. The summed E-state index contributed by atoms with van der Waals surface area (Å²) in [5.41, 5.74) is 1.21. The van der Waals surface area contributed by atoms with Crippen molar-refractivity contribution in [1.29, 1.82) is 0 Å². The van der Waals surface area contributed by atoms with Gasteiger partial charge >= 0.3 is 0 Å². The van der Waals surface area contributed by atoms with Gasteiger partial charge in [-0.25, -0.2) is 0 Å². The van der Waals surface area contributed by atoms with Crippen LogP contribution in [0.2, 0.25) is 4.34 Å². The summed E-state index contributed by atoms with van der Waals surface area (Å²) in [4.78, 5) is 13.2. The molecule has 8 heteroatoms. The molecule has 0 unspecified atom stereocenters. The molecule has 0 saturated heterocycles. The molecule has 136 valence electrons. The second-order valence-corrected chi connectivity index (χ2v) is 7.14. The molecule has 3 rings (SSSR count). The Balaban J connectivity index is 1.52. The van der Waals surface area contributed by atoms with E-state index in [2.05, 4.69) is 10.4 Å². The highest BCUT2D eigenvalue weighted by atomic mass is 35.5. The van der Waals surface area contributed by atoms with E-state index in [9.17, 15) is 4.79 Å². The third-order valence-corrected chi connectivity index (χ3v) is 4.91. The first-order valence-electron chi connectivity index (χ1n) is 7.91. The first kappa shape index (κ1) is 18.3. The molecule has 0 aliphatic carbocycles. The minimum atomic E-state index is -0.243. The Morgan fingerprint density at radius 1 is 1.23 bits per heavy atom. The number of ether oxygens (including phenoxy) is 2. The molecule has 3 aromatic rings. The molecule has 1 N–H and O–H groups in total. The number of halogens is 1. The van der Waals surface area contributed by atoms with Gasteiger partial charge in [0.25, 0.3) is 5.91 Å². The Kier molecular flexibility index (Phi) is 5.80. The number of hydrogen-bond acceptors (Lipinski definition) is 5. The maximum absolute atomic E-state index is 12.3. The Labute approximate surface area is 160 Å². The van der Waals surface area contributed by atoms with E-state index in [4.69, 9.17) is 21.1 Å². The van der Waals surface area contributed by atoms with E-state index in [1.165, 1.54) is 11.3 Å². The average molecular weight is 392 g/mol. The first-order chi connectivity index (χ1) is 12.6.